The Kier molecular flexibility index (Phi) is 3.28. The van der Waals surface area contributed by atoms with E-state index >= 15 is 0 Å². The Bertz CT molecular complexity index is 773. The van der Waals surface area contributed by atoms with Crippen LogP contribution in [0.5, 0.6) is 0 Å². The summed E-state index contributed by atoms with van der Waals surface area (Å²) in [5.74, 6) is 0.743. The van der Waals surface area contributed by atoms with E-state index in [0.29, 0.717) is 12.1 Å². The Labute approximate surface area is 120 Å². The van der Waals surface area contributed by atoms with Gasteiger partial charge in [-0.05, 0) is 38.1 Å². The molecule has 5 heteroatoms. The van der Waals surface area contributed by atoms with Crippen LogP contribution in [0.2, 0.25) is 0 Å². The Hall–Kier alpha value is -2.14. The lowest BCUT2D eigenvalue weighted by molar-refractivity contribution is 0.0950. The van der Waals surface area contributed by atoms with E-state index in [1.807, 2.05) is 37.4 Å². The molecule has 0 atom stereocenters. The number of carbonyl (C=O) groups is 1. The molecular formula is C15H14N2O2S. The number of hydrogen-bond acceptors (Lipinski definition) is 4. The maximum atomic E-state index is 12.1. The van der Waals surface area contributed by atoms with Crippen molar-refractivity contribution in [1.82, 2.24) is 10.3 Å². The third kappa shape index (κ3) is 2.58. The normalized spacial score (nSPS) is 10.9. The summed E-state index contributed by atoms with van der Waals surface area (Å²) in [5, 5.41) is 6.78. The molecule has 0 aliphatic heterocycles. The van der Waals surface area contributed by atoms with Crippen LogP contribution < -0.4 is 5.32 Å². The zero-order chi connectivity index (χ0) is 14.1. The molecule has 0 saturated heterocycles. The molecule has 0 fully saturated rings. The van der Waals surface area contributed by atoms with E-state index < -0.39 is 0 Å². The zero-order valence-corrected chi connectivity index (χ0v) is 12.1. The second kappa shape index (κ2) is 5.09. The Morgan fingerprint density at radius 1 is 1.35 bits per heavy atom. The topological polar surface area (TPSA) is 55.1 Å². The monoisotopic (exact) mass is 286 g/mol. The number of nitrogens with one attached hydrogen (secondary N) is 1. The number of aryl methyl sites for hydroxylation is 2. The first-order valence-electron chi connectivity index (χ1n) is 6.31. The van der Waals surface area contributed by atoms with Gasteiger partial charge in [0.1, 0.15) is 11.3 Å². The molecule has 1 N–H and O–H groups in total. The maximum Gasteiger partial charge on any atom is 0.251 e. The van der Waals surface area contributed by atoms with Crippen molar-refractivity contribution < 1.29 is 9.21 Å². The number of thiazole rings is 1. The van der Waals surface area contributed by atoms with Crippen molar-refractivity contribution >= 4 is 28.2 Å². The van der Waals surface area contributed by atoms with E-state index in [9.17, 15) is 4.79 Å². The maximum absolute atomic E-state index is 12.1. The van der Waals surface area contributed by atoms with Crippen molar-refractivity contribution in [3.05, 3.63) is 51.7 Å². The lowest BCUT2D eigenvalue weighted by atomic mass is 10.1. The molecule has 0 aliphatic rings. The average Bonchev–Trinajstić information content (AvgIpc) is 2.99. The van der Waals surface area contributed by atoms with Gasteiger partial charge in [0.15, 0.2) is 0 Å². The highest BCUT2D eigenvalue weighted by Crippen LogP contribution is 2.20. The van der Waals surface area contributed by atoms with Gasteiger partial charge in [0, 0.05) is 16.3 Å². The van der Waals surface area contributed by atoms with Gasteiger partial charge in [-0.2, -0.15) is 0 Å². The van der Waals surface area contributed by atoms with Crippen LogP contribution in [0.3, 0.4) is 0 Å². The minimum absolute atomic E-state index is 0.101. The van der Waals surface area contributed by atoms with Crippen molar-refractivity contribution in [3.8, 4) is 0 Å². The van der Waals surface area contributed by atoms with Gasteiger partial charge >= 0.3 is 0 Å². The SMILES string of the molecule is Cc1cc2cc(C(=O)NCc3csc(C)n3)ccc2o1. The van der Waals surface area contributed by atoms with Crippen LogP contribution in [-0.2, 0) is 6.54 Å². The Morgan fingerprint density at radius 2 is 2.20 bits per heavy atom. The number of rotatable bonds is 3. The van der Waals surface area contributed by atoms with E-state index in [1.54, 1.807) is 17.4 Å². The molecule has 0 radical (unpaired) electrons. The van der Waals surface area contributed by atoms with Gasteiger partial charge in [-0.3, -0.25) is 4.79 Å². The third-order valence-corrected chi connectivity index (χ3v) is 3.82. The third-order valence-electron chi connectivity index (χ3n) is 3.00. The predicted octanol–water partition coefficient (Wildman–Crippen LogP) is 3.44. The molecule has 3 rings (SSSR count). The predicted molar refractivity (Wildman–Crippen MR) is 79.0 cm³/mol. The van der Waals surface area contributed by atoms with E-state index in [0.717, 1.165) is 27.4 Å². The van der Waals surface area contributed by atoms with Gasteiger partial charge in [-0.25, -0.2) is 4.98 Å². The fraction of sp³-hybridized carbons (Fsp3) is 0.200. The second-order valence-electron chi connectivity index (χ2n) is 4.65. The second-order valence-corrected chi connectivity index (χ2v) is 5.71. The van der Waals surface area contributed by atoms with Crippen LogP contribution in [0.15, 0.2) is 34.1 Å². The standard InChI is InChI=1S/C15H14N2O2S/c1-9-5-12-6-11(3-4-14(12)19-9)15(18)16-7-13-8-20-10(2)17-13/h3-6,8H,7H2,1-2H3,(H,16,18). The van der Waals surface area contributed by atoms with E-state index in [2.05, 4.69) is 10.3 Å². The number of nitrogens with zero attached hydrogens (tertiary/aromatic N) is 1. The summed E-state index contributed by atoms with van der Waals surface area (Å²) in [5.41, 5.74) is 2.32. The van der Waals surface area contributed by atoms with E-state index in [-0.39, 0.29) is 5.91 Å². The molecule has 0 aliphatic carbocycles. The number of amides is 1. The number of carbonyl (C=O) groups excluding carboxylic acids is 1. The lowest BCUT2D eigenvalue weighted by Crippen LogP contribution is -2.22. The highest BCUT2D eigenvalue weighted by Gasteiger charge is 2.09. The summed E-state index contributed by atoms with van der Waals surface area (Å²) >= 11 is 1.58. The van der Waals surface area contributed by atoms with Gasteiger partial charge in [0.2, 0.25) is 0 Å². The molecule has 0 unspecified atom stereocenters. The smallest absolute Gasteiger partial charge is 0.251 e. The first-order chi connectivity index (χ1) is 9.61. The first kappa shape index (κ1) is 12.9. The van der Waals surface area contributed by atoms with Crippen molar-refractivity contribution in [3.63, 3.8) is 0 Å². The summed E-state index contributed by atoms with van der Waals surface area (Å²) in [4.78, 5) is 16.4. The quantitative estimate of drug-likeness (QED) is 0.802. The number of benzene rings is 1. The minimum Gasteiger partial charge on any atom is -0.461 e. The largest absolute Gasteiger partial charge is 0.461 e. The Balaban J connectivity index is 1.74. The molecule has 1 aromatic carbocycles. The van der Waals surface area contributed by atoms with Crippen LogP contribution >= 0.6 is 11.3 Å². The molecule has 3 aromatic rings. The number of hydrogen-bond donors (Lipinski definition) is 1. The van der Waals surface area contributed by atoms with Gasteiger partial charge in [0.05, 0.1) is 17.2 Å². The van der Waals surface area contributed by atoms with Crippen LogP contribution in [0.4, 0.5) is 0 Å². The summed E-state index contributed by atoms with van der Waals surface area (Å²) in [6.45, 7) is 4.29. The fourth-order valence-corrected chi connectivity index (χ4v) is 2.69. The highest BCUT2D eigenvalue weighted by atomic mass is 32.1. The average molecular weight is 286 g/mol. The van der Waals surface area contributed by atoms with Crippen LogP contribution in [-0.4, -0.2) is 10.9 Å². The van der Waals surface area contributed by atoms with Gasteiger partial charge < -0.3 is 9.73 Å². The highest BCUT2D eigenvalue weighted by molar-refractivity contribution is 7.09. The summed E-state index contributed by atoms with van der Waals surface area (Å²) < 4.78 is 5.49. The van der Waals surface area contributed by atoms with Crippen molar-refractivity contribution in [2.75, 3.05) is 0 Å². The zero-order valence-electron chi connectivity index (χ0n) is 11.3. The van der Waals surface area contributed by atoms with E-state index in [1.165, 1.54) is 0 Å². The number of fused-ring (bicyclic) bond motifs is 1. The number of aromatic nitrogens is 1. The molecule has 102 valence electrons. The molecular weight excluding hydrogens is 272 g/mol. The van der Waals surface area contributed by atoms with Gasteiger partial charge in [-0.1, -0.05) is 0 Å². The summed E-state index contributed by atoms with van der Waals surface area (Å²) in [6, 6.07) is 7.36. The Morgan fingerprint density at radius 3 is 2.95 bits per heavy atom. The summed E-state index contributed by atoms with van der Waals surface area (Å²) in [7, 11) is 0. The summed E-state index contributed by atoms with van der Waals surface area (Å²) in [6.07, 6.45) is 0. The number of furan rings is 1. The lowest BCUT2D eigenvalue weighted by Gasteiger charge is -2.03. The van der Waals surface area contributed by atoms with Gasteiger partial charge in [0.25, 0.3) is 5.91 Å². The van der Waals surface area contributed by atoms with Crippen LogP contribution in [0.25, 0.3) is 11.0 Å². The first-order valence-corrected chi connectivity index (χ1v) is 7.19. The molecule has 1 amide bonds. The minimum atomic E-state index is -0.101. The molecule has 0 bridgehead atoms. The van der Waals surface area contributed by atoms with Gasteiger partial charge in [-0.15, -0.1) is 11.3 Å². The van der Waals surface area contributed by atoms with E-state index in [4.69, 9.17) is 4.42 Å². The van der Waals surface area contributed by atoms with Crippen molar-refractivity contribution in [2.24, 2.45) is 0 Å². The molecule has 20 heavy (non-hydrogen) atoms. The van der Waals surface area contributed by atoms with Crippen molar-refractivity contribution in [1.29, 1.82) is 0 Å². The molecule has 0 spiro atoms. The fourth-order valence-electron chi connectivity index (χ4n) is 2.08. The van der Waals surface area contributed by atoms with Crippen LogP contribution in [0, 0.1) is 13.8 Å². The molecule has 2 aromatic heterocycles. The van der Waals surface area contributed by atoms with Crippen molar-refractivity contribution in [2.45, 2.75) is 20.4 Å². The molecule has 4 nitrogen and oxygen atoms in total. The molecule has 2 heterocycles. The van der Waals surface area contributed by atoms with Crippen LogP contribution in [0.1, 0.15) is 26.8 Å². The molecule has 0 saturated carbocycles.